The van der Waals surface area contributed by atoms with E-state index in [4.69, 9.17) is 9.73 Å². The molecule has 1 atom stereocenters. The van der Waals surface area contributed by atoms with Crippen LogP contribution in [0.3, 0.4) is 0 Å². The molecule has 0 saturated carbocycles. The molecule has 4 heteroatoms. The molecule has 1 aliphatic heterocycles. The first-order chi connectivity index (χ1) is 27.6. The minimum absolute atomic E-state index is 0.520. The second kappa shape index (κ2) is 14.0. The average molecular weight is 722 g/mol. The number of benzene rings is 7. The normalized spacial score (nSPS) is 16.6. The number of ether oxygens (including phenoxy) is 1. The molecule has 1 unspecified atom stereocenters. The van der Waals surface area contributed by atoms with E-state index in [-0.39, 0.29) is 0 Å². The fourth-order valence-corrected chi connectivity index (χ4v) is 8.17. The molecule has 4 nitrogen and oxygen atoms in total. The van der Waals surface area contributed by atoms with Crippen LogP contribution in [-0.4, -0.2) is 17.0 Å². The highest BCUT2D eigenvalue weighted by Crippen LogP contribution is 2.40. The molecule has 0 bridgehead atoms. The van der Waals surface area contributed by atoms with Crippen molar-refractivity contribution in [3.8, 4) is 22.6 Å². The third-order valence-corrected chi connectivity index (χ3v) is 11.1. The van der Waals surface area contributed by atoms with Crippen LogP contribution in [0.25, 0.3) is 60.7 Å². The van der Waals surface area contributed by atoms with Gasteiger partial charge in [0, 0.05) is 27.6 Å². The number of hydrogen-bond donors (Lipinski definition) is 0. The van der Waals surface area contributed by atoms with Crippen LogP contribution < -0.4 is 4.74 Å². The lowest BCUT2D eigenvalue weighted by atomic mass is 9.93. The van der Waals surface area contributed by atoms with Crippen LogP contribution in [0.15, 0.2) is 192 Å². The number of aromatic nitrogens is 1. The summed E-state index contributed by atoms with van der Waals surface area (Å²) < 4.78 is 9.14. The molecule has 56 heavy (non-hydrogen) atoms. The number of rotatable bonds is 7. The van der Waals surface area contributed by atoms with Gasteiger partial charge in [-0.2, -0.15) is 0 Å². The molecule has 0 fully saturated rings. The summed E-state index contributed by atoms with van der Waals surface area (Å²) in [6.45, 7) is 6.78. The summed E-state index contributed by atoms with van der Waals surface area (Å²) in [5.74, 6) is 1.93. The van der Waals surface area contributed by atoms with E-state index in [1.807, 2.05) is 18.2 Å². The standard InChI is InChI=1S/C52H39N3O/c1-34-19-21-36(22-20-34)37-13-10-14-42(30-37)50(53-2)52-51(54-33-35-11-4-3-5-12-35)46-28-26-41(32-49(46)56-52)38-23-24-40-31-43(27-25-39(40)29-38)55-47-17-8-6-15-44(47)45-16-7-9-18-48(45)55/h3-19,21-32,34H,2,20,33H2,1H3/b52-50+,54-51?. The topological polar surface area (TPSA) is 38.9 Å². The smallest absolute Gasteiger partial charge is 0.179 e. The Bertz CT molecular complexity index is 2920. The van der Waals surface area contributed by atoms with Gasteiger partial charge in [0.05, 0.1) is 17.6 Å². The molecule has 7 aromatic carbocycles. The van der Waals surface area contributed by atoms with Crippen molar-refractivity contribution in [1.29, 1.82) is 0 Å². The summed E-state index contributed by atoms with van der Waals surface area (Å²) in [6, 6.07) is 55.9. The monoisotopic (exact) mass is 721 g/mol. The van der Waals surface area contributed by atoms with E-state index < -0.39 is 0 Å². The molecule has 0 N–H and O–H groups in total. The molecule has 2 heterocycles. The van der Waals surface area contributed by atoms with Gasteiger partial charge in [0.15, 0.2) is 5.76 Å². The van der Waals surface area contributed by atoms with E-state index in [2.05, 4.69) is 181 Å². The predicted molar refractivity (Wildman–Crippen MR) is 235 cm³/mol. The van der Waals surface area contributed by atoms with Crippen LogP contribution in [0.2, 0.25) is 0 Å². The first-order valence-electron chi connectivity index (χ1n) is 19.3. The number of aliphatic imine (C=N–C) groups is 2. The number of nitrogens with zero attached hydrogens (tertiary/aromatic N) is 3. The zero-order valence-electron chi connectivity index (χ0n) is 31.2. The molecule has 1 aromatic heterocycles. The van der Waals surface area contributed by atoms with Crippen LogP contribution in [0.5, 0.6) is 5.75 Å². The lowest BCUT2D eigenvalue weighted by Gasteiger charge is -2.14. The summed E-state index contributed by atoms with van der Waals surface area (Å²) in [5.41, 5.74) is 12.6. The van der Waals surface area contributed by atoms with E-state index in [1.165, 1.54) is 38.2 Å². The van der Waals surface area contributed by atoms with Crippen molar-refractivity contribution in [3.05, 3.63) is 204 Å². The fourth-order valence-electron chi connectivity index (χ4n) is 8.17. The zero-order chi connectivity index (χ0) is 37.6. The number of fused-ring (bicyclic) bond motifs is 5. The fraction of sp³-hybridized carbons (Fsp3) is 0.0769. The SMILES string of the molecule is C=N/C(=C1/Oc2cc(-c3ccc4cc(-n5c6ccccc6c6ccccc65)ccc4c3)ccc2C1=NCc1ccccc1)c1cccc(C2=CCC(C)C=C2)c1. The largest absolute Gasteiger partial charge is 0.452 e. The van der Waals surface area contributed by atoms with Gasteiger partial charge in [-0.1, -0.05) is 134 Å². The second-order valence-electron chi connectivity index (χ2n) is 14.7. The zero-order valence-corrected chi connectivity index (χ0v) is 31.2. The lowest BCUT2D eigenvalue weighted by Crippen LogP contribution is -2.05. The van der Waals surface area contributed by atoms with E-state index >= 15 is 0 Å². The average Bonchev–Trinajstić information content (AvgIpc) is 3.78. The van der Waals surface area contributed by atoms with E-state index in [9.17, 15) is 0 Å². The highest BCUT2D eigenvalue weighted by atomic mass is 16.5. The number of para-hydroxylation sites is 2. The molecular formula is C52H39N3O. The summed E-state index contributed by atoms with van der Waals surface area (Å²) in [5, 5.41) is 4.88. The summed E-state index contributed by atoms with van der Waals surface area (Å²) in [7, 11) is 0. The van der Waals surface area contributed by atoms with Gasteiger partial charge in [-0.25, -0.2) is 0 Å². The Labute approximate surface area is 326 Å². The van der Waals surface area contributed by atoms with E-state index in [0.717, 1.165) is 57.0 Å². The minimum Gasteiger partial charge on any atom is -0.452 e. The maximum Gasteiger partial charge on any atom is 0.179 e. The molecule has 10 rings (SSSR count). The third kappa shape index (κ3) is 5.96. The van der Waals surface area contributed by atoms with Gasteiger partial charge in [0.25, 0.3) is 0 Å². The molecule has 268 valence electrons. The van der Waals surface area contributed by atoms with Crippen molar-refractivity contribution in [2.75, 3.05) is 0 Å². The van der Waals surface area contributed by atoms with E-state index in [1.54, 1.807) is 0 Å². The molecule has 8 aromatic rings. The van der Waals surface area contributed by atoms with Crippen molar-refractivity contribution in [1.82, 2.24) is 4.57 Å². The van der Waals surface area contributed by atoms with Gasteiger partial charge in [-0.05, 0) is 106 Å². The highest BCUT2D eigenvalue weighted by molar-refractivity contribution is 6.19. The van der Waals surface area contributed by atoms with Crippen LogP contribution in [0.1, 0.15) is 35.6 Å². The number of hydrogen-bond acceptors (Lipinski definition) is 3. The molecule has 0 amide bonds. The highest BCUT2D eigenvalue weighted by Gasteiger charge is 2.30. The Hall–Kier alpha value is -7.04. The Kier molecular flexibility index (Phi) is 8.37. The first-order valence-corrected chi connectivity index (χ1v) is 19.3. The van der Waals surface area contributed by atoms with Gasteiger partial charge in [-0.15, -0.1) is 0 Å². The lowest BCUT2D eigenvalue weighted by molar-refractivity contribution is 0.470. The van der Waals surface area contributed by atoms with Crippen molar-refractivity contribution in [2.24, 2.45) is 15.9 Å². The van der Waals surface area contributed by atoms with Gasteiger partial charge in [0.1, 0.15) is 17.2 Å². The summed E-state index contributed by atoms with van der Waals surface area (Å²) >= 11 is 0. The van der Waals surface area contributed by atoms with Crippen molar-refractivity contribution >= 4 is 56.3 Å². The maximum absolute atomic E-state index is 6.78. The van der Waals surface area contributed by atoms with E-state index in [0.29, 0.717) is 23.9 Å². The van der Waals surface area contributed by atoms with Gasteiger partial charge in [-0.3, -0.25) is 9.98 Å². The molecule has 2 aliphatic rings. The Balaban J connectivity index is 1.03. The maximum atomic E-state index is 6.78. The summed E-state index contributed by atoms with van der Waals surface area (Å²) in [4.78, 5) is 9.75. The summed E-state index contributed by atoms with van der Waals surface area (Å²) in [6.07, 6.45) is 7.83. The van der Waals surface area contributed by atoms with Gasteiger partial charge in [0.2, 0.25) is 0 Å². The van der Waals surface area contributed by atoms with Crippen molar-refractivity contribution in [2.45, 2.75) is 19.9 Å². The quantitative estimate of drug-likeness (QED) is 0.151. The van der Waals surface area contributed by atoms with Crippen LogP contribution in [0, 0.1) is 5.92 Å². The molecular weight excluding hydrogens is 683 g/mol. The number of allylic oxidation sites excluding steroid dienone is 5. The van der Waals surface area contributed by atoms with Crippen LogP contribution in [0.4, 0.5) is 0 Å². The second-order valence-corrected chi connectivity index (χ2v) is 14.7. The molecule has 0 radical (unpaired) electrons. The third-order valence-electron chi connectivity index (χ3n) is 11.1. The Morgan fingerprint density at radius 1 is 0.696 bits per heavy atom. The van der Waals surface area contributed by atoms with Crippen molar-refractivity contribution < 1.29 is 4.74 Å². The molecule has 0 saturated heterocycles. The first kappa shape index (κ1) is 33.5. The minimum atomic E-state index is 0.520. The Morgan fingerprint density at radius 3 is 2.18 bits per heavy atom. The van der Waals surface area contributed by atoms with Gasteiger partial charge >= 0.3 is 0 Å². The van der Waals surface area contributed by atoms with Gasteiger partial charge < -0.3 is 9.30 Å². The Morgan fingerprint density at radius 2 is 1.41 bits per heavy atom. The van der Waals surface area contributed by atoms with Crippen LogP contribution >= 0.6 is 0 Å². The molecule has 0 spiro atoms. The predicted octanol–water partition coefficient (Wildman–Crippen LogP) is 13.0. The van der Waals surface area contributed by atoms with Crippen molar-refractivity contribution in [3.63, 3.8) is 0 Å². The van der Waals surface area contributed by atoms with Crippen LogP contribution in [-0.2, 0) is 6.54 Å². The molecule has 1 aliphatic carbocycles.